The number of aromatic nitrogens is 2. The van der Waals surface area contributed by atoms with E-state index in [-0.39, 0.29) is 38.0 Å². The number of hydrogen-bond donors (Lipinski definition) is 3. The number of rotatable bonds is 3. The van der Waals surface area contributed by atoms with Crippen molar-refractivity contribution in [1.82, 2.24) is 9.97 Å². The number of alkyl halides is 5. The molecule has 4 fully saturated rings. The maximum absolute atomic E-state index is 16.2. The number of carbonyl (C=O) groups is 1. The van der Waals surface area contributed by atoms with E-state index in [1.165, 1.54) is 0 Å². The van der Waals surface area contributed by atoms with Gasteiger partial charge in [0.2, 0.25) is 5.95 Å². The average molecular weight is 447 g/mol. The summed E-state index contributed by atoms with van der Waals surface area (Å²) in [7, 11) is 0. The van der Waals surface area contributed by atoms with Gasteiger partial charge in [0.25, 0.3) is 0 Å². The molecular formula is C20H22F5N3O3. The first-order chi connectivity index (χ1) is 14.4. The number of aliphatic hydroxyl groups is 1. The van der Waals surface area contributed by atoms with Crippen molar-refractivity contribution in [2.75, 3.05) is 5.32 Å². The van der Waals surface area contributed by atoms with Gasteiger partial charge in [-0.25, -0.2) is 23.5 Å². The molecule has 7 atom stereocenters. The molecule has 4 saturated carbocycles. The Morgan fingerprint density at radius 3 is 2.68 bits per heavy atom. The van der Waals surface area contributed by atoms with Crippen LogP contribution in [0.5, 0.6) is 0 Å². The molecule has 170 valence electrons. The van der Waals surface area contributed by atoms with E-state index in [1.807, 2.05) is 0 Å². The second kappa shape index (κ2) is 6.26. The molecular weight excluding hydrogens is 425 g/mol. The van der Waals surface area contributed by atoms with Gasteiger partial charge >= 0.3 is 12.1 Å². The summed E-state index contributed by atoms with van der Waals surface area (Å²) in [5, 5.41) is 22.4. The predicted molar refractivity (Wildman–Crippen MR) is 96.8 cm³/mol. The quantitative estimate of drug-likeness (QED) is 0.611. The Balaban J connectivity index is 1.55. The first-order valence-corrected chi connectivity index (χ1v) is 10.3. The molecule has 1 aromatic heterocycles. The van der Waals surface area contributed by atoms with Crippen LogP contribution in [0.15, 0.2) is 6.20 Å². The van der Waals surface area contributed by atoms with Gasteiger partial charge in [0, 0.05) is 30.0 Å². The highest BCUT2D eigenvalue weighted by Crippen LogP contribution is 2.72. The van der Waals surface area contributed by atoms with Crippen molar-refractivity contribution in [3.05, 3.63) is 17.5 Å². The van der Waals surface area contributed by atoms with E-state index in [0.29, 0.717) is 19.0 Å². The Hall–Kier alpha value is -2.04. The maximum atomic E-state index is 16.2. The Morgan fingerprint density at radius 1 is 1.26 bits per heavy atom. The third kappa shape index (κ3) is 2.87. The molecule has 4 aliphatic rings. The highest BCUT2D eigenvalue weighted by molar-refractivity contribution is 5.88. The molecule has 1 aromatic rings. The van der Waals surface area contributed by atoms with Gasteiger partial charge < -0.3 is 15.5 Å². The molecule has 1 spiro atoms. The van der Waals surface area contributed by atoms with Crippen LogP contribution in [-0.4, -0.2) is 49.6 Å². The summed E-state index contributed by atoms with van der Waals surface area (Å²) in [6, 6.07) is 0. The van der Waals surface area contributed by atoms with E-state index in [4.69, 9.17) is 5.11 Å². The molecule has 11 heteroatoms. The van der Waals surface area contributed by atoms with Crippen molar-refractivity contribution in [3.63, 3.8) is 0 Å². The molecule has 6 nitrogen and oxygen atoms in total. The van der Waals surface area contributed by atoms with E-state index in [0.717, 1.165) is 0 Å². The molecule has 5 rings (SSSR count). The Kier molecular flexibility index (Phi) is 4.21. The fourth-order valence-electron chi connectivity index (χ4n) is 7.14. The number of carboxylic acids is 1. The second-order valence-electron chi connectivity index (χ2n) is 9.77. The number of anilines is 1. The number of carboxylic acid groups (broad SMARTS) is 1. The van der Waals surface area contributed by atoms with Crippen LogP contribution in [0.3, 0.4) is 0 Å². The van der Waals surface area contributed by atoms with E-state index < -0.39 is 64.2 Å². The molecule has 0 saturated heterocycles. The molecule has 1 heterocycles. The zero-order valence-corrected chi connectivity index (χ0v) is 16.4. The maximum Gasteiger partial charge on any atom is 0.434 e. The van der Waals surface area contributed by atoms with Crippen LogP contribution in [0.2, 0.25) is 0 Å². The van der Waals surface area contributed by atoms with Crippen molar-refractivity contribution in [1.29, 1.82) is 0 Å². The van der Waals surface area contributed by atoms with Gasteiger partial charge in [0.1, 0.15) is 17.4 Å². The van der Waals surface area contributed by atoms with E-state index in [9.17, 15) is 23.1 Å². The van der Waals surface area contributed by atoms with Crippen LogP contribution in [0.1, 0.15) is 61.0 Å². The summed E-state index contributed by atoms with van der Waals surface area (Å²) in [6.45, 7) is 0. The SMILES string of the molecule is O=C(O)c1cnc(NC23CC(F)C4CC(O)C5CCC(F)(C2)C5(C4)C3)nc1C(F)(F)F. The summed E-state index contributed by atoms with van der Waals surface area (Å²) >= 11 is 0. The summed E-state index contributed by atoms with van der Waals surface area (Å²) in [5.41, 5.74) is -6.51. The summed E-state index contributed by atoms with van der Waals surface area (Å²) in [5.74, 6) is -3.15. The zero-order valence-electron chi connectivity index (χ0n) is 16.4. The highest BCUT2D eigenvalue weighted by Gasteiger charge is 2.74. The van der Waals surface area contributed by atoms with Gasteiger partial charge in [-0.3, -0.25) is 0 Å². The lowest BCUT2D eigenvalue weighted by Gasteiger charge is -2.47. The van der Waals surface area contributed by atoms with Crippen molar-refractivity contribution in [2.45, 2.75) is 74.6 Å². The monoisotopic (exact) mass is 447 g/mol. The van der Waals surface area contributed by atoms with Crippen LogP contribution in [0.25, 0.3) is 0 Å². The predicted octanol–water partition coefficient (Wildman–Crippen LogP) is 3.76. The van der Waals surface area contributed by atoms with E-state index in [1.54, 1.807) is 0 Å². The lowest BCUT2D eigenvalue weighted by molar-refractivity contribution is -0.141. The fraction of sp³-hybridized carbons (Fsp3) is 0.750. The van der Waals surface area contributed by atoms with Crippen LogP contribution >= 0.6 is 0 Å². The number of aromatic carboxylic acids is 1. The normalized spacial score (nSPS) is 43.5. The van der Waals surface area contributed by atoms with E-state index in [2.05, 4.69) is 15.3 Å². The van der Waals surface area contributed by atoms with Gasteiger partial charge in [0.15, 0.2) is 5.69 Å². The first-order valence-electron chi connectivity index (χ1n) is 10.3. The Bertz CT molecular complexity index is 945. The molecule has 0 aromatic carbocycles. The van der Waals surface area contributed by atoms with Gasteiger partial charge in [0.05, 0.1) is 6.10 Å². The zero-order chi connectivity index (χ0) is 22.4. The topological polar surface area (TPSA) is 95.3 Å². The summed E-state index contributed by atoms with van der Waals surface area (Å²) in [4.78, 5) is 18.3. The lowest BCUT2D eigenvalue weighted by Crippen LogP contribution is -2.50. The van der Waals surface area contributed by atoms with Crippen LogP contribution in [0, 0.1) is 17.3 Å². The molecule has 3 N–H and O–H groups in total. The fourth-order valence-corrected chi connectivity index (χ4v) is 7.14. The molecule has 0 aliphatic heterocycles. The lowest BCUT2D eigenvalue weighted by atomic mass is 9.60. The molecule has 7 unspecified atom stereocenters. The van der Waals surface area contributed by atoms with Gasteiger partial charge in [-0.05, 0) is 43.9 Å². The third-order valence-corrected chi connectivity index (χ3v) is 8.12. The van der Waals surface area contributed by atoms with Gasteiger partial charge in [-0.1, -0.05) is 0 Å². The summed E-state index contributed by atoms with van der Waals surface area (Å²) < 4.78 is 71.4. The minimum atomic E-state index is -5.03. The first kappa shape index (κ1) is 20.8. The minimum Gasteiger partial charge on any atom is -0.478 e. The minimum absolute atomic E-state index is 0.109. The molecule has 31 heavy (non-hydrogen) atoms. The smallest absolute Gasteiger partial charge is 0.434 e. The number of nitrogens with zero attached hydrogens (tertiary/aromatic N) is 2. The van der Waals surface area contributed by atoms with Crippen molar-refractivity contribution >= 4 is 11.9 Å². The molecule has 0 amide bonds. The van der Waals surface area contributed by atoms with Crippen LogP contribution < -0.4 is 5.32 Å². The average Bonchev–Trinajstić information content (AvgIpc) is 2.99. The van der Waals surface area contributed by atoms with Crippen molar-refractivity contribution in [3.8, 4) is 0 Å². The van der Waals surface area contributed by atoms with E-state index >= 15 is 8.78 Å². The van der Waals surface area contributed by atoms with Crippen molar-refractivity contribution in [2.24, 2.45) is 17.3 Å². The standard InChI is InChI=1S/C20H22F5N3O3/c21-12-5-17(28-16-26-6-10(15(30)31)14(27-16)20(23,24)25)7-18-4-9(12)3-13(29)11(18)1-2-19(18,22)8-17/h6,9,11-13,29H,1-5,7-8H2,(H,30,31)(H,26,27,28). The third-order valence-electron chi connectivity index (χ3n) is 8.12. The molecule has 4 aliphatic carbocycles. The molecule has 0 radical (unpaired) electrons. The summed E-state index contributed by atoms with van der Waals surface area (Å²) in [6.07, 6.45) is -5.42. The number of hydrogen-bond acceptors (Lipinski definition) is 5. The number of nitrogens with one attached hydrogen (secondary N) is 1. The van der Waals surface area contributed by atoms with Gasteiger partial charge in [-0.15, -0.1) is 0 Å². The van der Waals surface area contributed by atoms with Crippen molar-refractivity contribution < 1.29 is 37.0 Å². The molecule has 3 bridgehead atoms. The van der Waals surface area contributed by atoms with Gasteiger partial charge in [-0.2, -0.15) is 13.2 Å². The largest absolute Gasteiger partial charge is 0.478 e. The van der Waals surface area contributed by atoms with Crippen LogP contribution in [0.4, 0.5) is 27.9 Å². The Morgan fingerprint density at radius 2 is 2.00 bits per heavy atom. The Labute approximate surface area is 174 Å². The highest BCUT2D eigenvalue weighted by atomic mass is 19.4. The number of aliphatic hydroxyl groups excluding tert-OH is 1. The second-order valence-corrected chi connectivity index (χ2v) is 9.77. The number of fused-ring (bicyclic) bond motifs is 2. The number of halogens is 5. The van der Waals surface area contributed by atoms with Crippen LogP contribution in [-0.2, 0) is 6.18 Å².